The Morgan fingerprint density at radius 2 is 2.18 bits per heavy atom. The van der Waals surface area contributed by atoms with Crippen LogP contribution in [-0.4, -0.2) is 40.7 Å². The predicted molar refractivity (Wildman–Crippen MR) is 69.0 cm³/mol. The summed E-state index contributed by atoms with van der Waals surface area (Å²) in [4.78, 5) is 22.4. The highest BCUT2D eigenvalue weighted by atomic mass is 32.2. The third-order valence-electron chi connectivity index (χ3n) is 2.29. The lowest BCUT2D eigenvalue weighted by Crippen LogP contribution is -2.55. The van der Waals surface area contributed by atoms with Crippen molar-refractivity contribution >= 4 is 23.8 Å². The van der Waals surface area contributed by atoms with E-state index >= 15 is 0 Å². The molecule has 0 aromatic rings. The van der Waals surface area contributed by atoms with Crippen LogP contribution in [0.5, 0.6) is 0 Å². The van der Waals surface area contributed by atoms with Gasteiger partial charge in [-0.2, -0.15) is 0 Å². The maximum atomic E-state index is 11.4. The zero-order chi connectivity index (χ0) is 13.3. The van der Waals surface area contributed by atoms with Crippen LogP contribution in [-0.2, 0) is 4.79 Å². The van der Waals surface area contributed by atoms with E-state index in [1.807, 2.05) is 0 Å². The number of carboxylic acids is 1. The van der Waals surface area contributed by atoms with Crippen molar-refractivity contribution in [1.82, 2.24) is 10.6 Å². The minimum Gasteiger partial charge on any atom is -0.480 e. The normalized spacial score (nSPS) is 13.2. The molecule has 1 unspecified atom stereocenters. The first kappa shape index (κ1) is 15.7. The summed E-state index contributed by atoms with van der Waals surface area (Å²) in [6.45, 7) is 3.64. The first-order valence-electron chi connectivity index (χ1n) is 5.27. The maximum absolute atomic E-state index is 11.4. The van der Waals surface area contributed by atoms with Crippen LogP contribution >= 0.6 is 11.8 Å². The van der Waals surface area contributed by atoms with Crippen molar-refractivity contribution in [3.63, 3.8) is 0 Å². The van der Waals surface area contributed by atoms with E-state index < -0.39 is 17.5 Å². The van der Waals surface area contributed by atoms with E-state index in [9.17, 15) is 9.59 Å². The molecule has 96 valence electrons. The second kappa shape index (κ2) is 7.85. The predicted octanol–water partition coefficient (Wildman–Crippen LogP) is 0.905. The number of nitrogens with one attached hydrogen (secondary N) is 2. The van der Waals surface area contributed by atoms with Gasteiger partial charge in [0.05, 0.1) is 5.75 Å². The molecule has 0 aromatic heterocycles. The molecule has 0 saturated heterocycles. The van der Waals surface area contributed by atoms with Crippen LogP contribution in [0.4, 0.5) is 4.79 Å². The molecule has 0 fully saturated rings. The van der Waals surface area contributed by atoms with Crippen molar-refractivity contribution in [3.8, 4) is 12.3 Å². The van der Waals surface area contributed by atoms with E-state index in [-0.39, 0.29) is 0 Å². The van der Waals surface area contributed by atoms with Gasteiger partial charge in [-0.05, 0) is 13.3 Å². The minimum absolute atomic E-state index is 0.321. The molecule has 0 rings (SSSR count). The Kier molecular flexibility index (Phi) is 7.22. The lowest BCUT2D eigenvalue weighted by atomic mass is 10.00. The van der Waals surface area contributed by atoms with Crippen molar-refractivity contribution in [3.05, 3.63) is 0 Å². The van der Waals surface area contributed by atoms with Gasteiger partial charge >= 0.3 is 12.0 Å². The molecule has 5 nitrogen and oxygen atoms in total. The summed E-state index contributed by atoms with van der Waals surface area (Å²) < 4.78 is 0. The number of carboxylic acid groups (broad SMARTS) is 1. The second-order valence-corrected chi connectivity index (χ2v) is 4.73. The first-order valence-corrected chi connectivity index (χ1v) is 6.42. The number of thioether (sulfide) groups is 1. The maximum Gasteiger partial charge on any atom is 0.329 e. The van der Waals surface area contributed by atoms with Gasteiger partial charge in [-0.15, -0.1) is 18.2 Å². The van der Waals surface area contributed by atoms with Gasteiger partial charge in [-0.3, -0.25) is 0 Å². The van der Waals surface area contributed by atoms with E-state index in [2.05, 4.69) is 16.6 Å². The molecule has 17 heavy (non-hydrogen) atoms. The van der Waals surface area contributed by atoms with E-state index in [1.165, 1.54) is 18.7 Å². The van der Waals surface area contributed by atoms with E-state index in [1.54, 1.807) is 6.92 Å². The van der Waals surface area contributed by atoms with E-state index in [0.717, 1.165) is 0 Å². The summed E-state index contributed by atoms with van der Waals surface area (Å²) in [6, 6.07) is -0.474. The molecule has 6 heteroatoms. The smallest absolute Gasteiger partial charge is 0.329 e. The van der Waals surface area contributed by atoms with Gasteiger partial charge in [0.15, 0.2) is 0 Å². The Morgan fingerprint density at radius 3 is 2.65 bits per heavy atom. The number of carbonyl (C=O) groups excluding carboxylic acids is 1. The van der Waals surface area contributed by atoms with Crippen molar-refractivity contribution < 1.29 is 14.7 Å². The first-order chi connectivity index (χ1) is 7.96. The highest BCUT2D eigenvalue weighted by Crippen LogP contribution is 2.08. The molecule has 0 aliphatic carbocycles. The quantitative estimate of drug-likeness (QED) is 0.468. The van der Waals surface area contributed by atoms with Gasteiger partial charge < -0.3 is 15.7 Å². The summed E-state index contributed by atoms with van der Waals surface area (Å²) in [5.74, 6) is 2.73. The van der Waals surface area contributed by atoms with E-state index in [4.69, 9.17) is 11.5 Å². The number of rotatable bonds is 7. The van der Waals surface area contributed by atoms with Crippen molar-refractivity contribution in [2.75, 3.05) is 18.1 Å². The SMILES string of the molecule is C#CCSCCNC(=O)NC(C)(CC)C(=O)O. The van der Waals surface area contributed by atoms with Crippen molar-refractivity contribution in [2.24, 2.45) is 0 Å². The molecule has 0 heterocycles. The molecule has 0 aliphatic heterocycles. The highest BCUT2D eigenvalue weighted by molar-refractivity contribution is 7.99. The molecule has 0 spiro atoms. The minimum atomic E-state index is -1.23. The van der Waals surface area contributed by atoms with Crippen molar-refractivity contribution in [1.29, 1.82) is 0 Å². The number of amides is 2. The van der Waals surface area contributed by atoms with Crippen LogP contribution in [0.25, 0.3) is 0 Å². The van der Waals surface area contributed by atoms with Crippen LogP contribution < -0.4 is 10.6 Å². The van der Waals surface area contributed by atoms with Gasteiger partial charge in [0.25, 0.3) is 0 Å². The van der Waals surface area contributed by atoms with Gasteiger partial charge in [-0.1, -0.05) is 12.8 Å². The lowest BCUT2D eigenvalue weighted by molar-refractivity contribution is -0.143. The third kappa shape index (κ3) is 6.07. The van der Waals surface area contributed by atoms with Gasteiger partial charge in [0.2, 0.25) is 0 Å². The van der Waals surface area contributed by atoms with Gasteiger partial charge in [0.1, 0.15) is 5.54 Å². The summed E-state index contributed by atoms with van der Waals surface area (Å²) >= 11 is 1.53. The number of urea groups is 1. The van der Waals surface area contributed by atoms with Gasteiger partial charge in [-0.25, -0.2) is 9.59 Å². The third-order valence-corrected chi connectivity index (χ3v) is 3.15. The fourth-order valence-electron chi connectivity index (χ4n) is 0.956. The average Bonchev–Trinajstić information content (AvgIpc) is 2.28. The van der Waals surface area contributed by atoms with Crippen LogP contribution in [0.3, 0.4) is 0 Å². The molecule has 3 N–H and O–H groups in total. The zero-order valence-corrected chi connectivity index (χ0v) is 10.9. The number of aliphatic carboxylic acids is 1. The molecule has 0 aliphatic rings. The Morgan fingerprint density at radius 1 is 1.53 bits per heavy atom. The molecular weight excluding hydrogens is 240 g/mol. The number of hydrogen-bond donors (Lipinski definition) is 3. The lowest BCUT2D eigenvalue weighted by Gasteiger charge is -2.24. The molecule has 0 aromatic carbocycles. The fourth-order valence-corrected chi connectivity index (χ4v) is 1.46. The Hall–Kier alpha value is -1.35. The Bertz CT molecular complexity index is 314. The monoisotopic (exact) mass is 258 g/mol. The number of hydrogen-bond acceptors (Lipinski definition) is 3. The molecule has 0 saturated carbocycles. The molecule has 0 bridgehead atoms. The number of terminal acetylenes is 1. The van der Waals surface area contributed by atoms with Crippen LogP contribution in [0.1, 0.15) is 20.3 Å². The largest absolute Gasteiger partial charge is 0.480 e. The van der Waals surface area contributed by atoms with Crippen LogP contribution in [0.15, 0.2) is 0 Å². The Balaban J connectivity index is 3.93. The molecule has 0 radical (unpaired) electrons. The standard InChI is InChI=1S/C11H18N2O3S/c1-4-7-17-8-6-12-10(16)13-11(3,5-2)9(14)15/h1H,5-8H2,2-3H3,(H,14,15)(H2,12,13,16). The zero-order valence-electron chi connectivity index (χ0n) is 10.1. The molecular formula is C11H18N2O3S. The fraction of sp³-hybridized carbons (Fsp3) is 0.636. The molecule has 1 atom stereocenters. The average molecular weight is 258 g/mol. The summed E-state index contributed by atoms with van der Waals surface area (Å²) in [7, 11) is 0. The Labute approximate surface area is 106 Å². The summed E-state index contributed by atoms with van der Waals surface area (Å²) in [6.07, 6.45) is 5.39. The molecule has 2 amide bonds. The van der Waals surface area contributed by atoms with Crippen LogP contribution in [0, 0.1) is 12.3 Å². The highest BCUT2D eigenvalue weighted by Gasteiger charge is 2.32. The van der Waals surface area contributed by atoms with Crippen LogP contribution in [0.2, 0.25) is 0 Å². The van der Waals surface area contributed by atoms with E-state index in [0.29, 0.717) is 24.5 Å². The second-order valence-electron chi connectivity index (χ2n) is 3.63. The summed E-state index contributed by atoms with van der Waals surface area (Å²) in [5, 5.41) is 14.0. The van der Waals surface area contributed by atoms with Gasteiger partial charge in [0, 0.05) is 12.3 Å². The number of carbonyl (C=O) groups is 2. The topological polar surface area (TPSA) is 78.4 Å². The van der Waals surface area contributed by atoms with Crippen molar-refractivity contribution in [2.45, 2.75) is 25.8 Å². The summed E-state index contributed by atoms with van der Waals surface area (Å²) in [5.41, 5.74) is -1.23.